The third kappa shape index (κ3) is 4.94. The molecule has 2 unspecified atom stereocenters. The van der Waals surface area contributed by atoms with E-state index in [1.807, 2.05) is 63.3 Å². The Labute approximate surface area is 156 Å². The van der Waals surface area contributed by atoms with Crippen molar-refractivity contribution >= 4 is 27.7 Å². The molecule has 0 saturated carbocycles. The maximum atomic E-state index is 13.1. The number of rotatable bonds is 7. The average Bonchev–Trinajstić information content (AvgIpc) is 2.61. The number of sulfonamides is 1. The molecule has 0 aliphatic heterocycles. The van der Waals surface area contributed by atoms with Crippen molar-refractivity contribution in [2.24, 2.45) is 0 Å². The van der Waals surface area contributed by atoms with E-state index in [4.69, 9.17) is 11.6 Å². The van der Waals surface area contributed by atoms with Crippen molar-refractivity contribution in [1.29, 1.82) is 0 Å². The van der Waals surface area contributed by atoms with E-state index in [0.29, 0.717) is 5.02 Å². The minimum Gasteiger partial charge on any atom is -0.207 e. The lowest BCUT2D eigenvalue weighted by molar-refractivity contribution is 0.300. The Morgan fingerprint density at radius 1 is 1.04 bits per heavy atom. The van der Waals surface area contributed by atoms with E-state index in [1.54, 1.807) is 28.6 Å². The van der Waals surface area contributed by atoms with Crippen LogP contribution in [-0.2, 0) is 10.0 Å². The summed E-state index contributed by atoms with van der Waals surface area (Å²) in [7, 11) is -3.61. The summed E-state index contributed by atoms with van der Waals surface area (Å²) in [5.74, 6) is 0. The molecule has 0 N–H and O–H groups in total. The molecule has 0 radical (unpaired) electrons. The monoisotopic (exact) mass is 377 g/mol. The van der Waals surface area contributed by atoms with Crippen molar-refractivity contribution in [1.82, 2.24) is 4.31 Å². The lowest BCUT2D eigenvalue weighted by Gasteiger charge is -2.31. The molecule has 0 bridgehead atoms. The van der Waals surface area contributed by atoms with Crippen molar-refractivity contribution < 1.29 is 8.42 Å². The van der Waals surface area contributed by atoms with Crippen LogP contribution in [-0.4, -0.2) is 24.8 Å². The normalized spacial score (nSPS) is 14.8. The van der Waals surface area contributed by atoms with Crippen LogP contribution in [0.3, 0.4) is 0 Å². The number of hydrogen-bond donors (Lipinski definition) is 0. The Hall–Kier alpha value is -1.62. The van der Waals surface area contributed by atoms with E-state index in [9.17, 15) is 8.42 Å². The summed E-state index contributed by atoms with van der Waals surface area (Å²) in [6.07, 6.45) is 4.61. The van der Waals surface area contributed by atoms with Gasteiger partial charge >= 0.3 is 0 Å². The zero-order chi connectivity index (χ0) is 18.4. The predicted molar refractivity (Wildman–Crippen MR) is 105 cm³/mol. The van der Waals surface area contributed by atoms with Crippen LogP contribution in [0.15, 0.2) is 65.6 Å². The third-order valence-electron chi connectivity index (χ3n) is 4.18. The minimum atomic E-state index is -3.61. The fraction of sp³-hybridized carbons (Fsp3) is 0.300. The fourth-order valence-corrected chi connectivity index (χ4v) is 4.65. The van der Waals surface area contributed by atoms with Crippen LogP contribution in [0, 0.1) is 0 Å². The number of halogens is 1. The number of nitrogens with zero attached hydrogens (tertiary/aromatic N) is 1. The highest BCUT2D eigenvalue weighted by atomic mass is 35.5. The first kappa shape index (κ1) is 19.7. The smallest absolute Gasteiger partial charge is 0.207 e. The molecule has 2 atom stereocenters. The zero-order valence-corrected chi connectivity index (χ0v) is 16.3. The van der Waals surface area contributed by atoms with E-state index in [0.717, 1.165) is 12.0 Å². The van der Waals surface area contributed by atoms with Crippen molar-refractivity contribution in [2.75, 3.05) is 0 Å². The highest BCUT2D eigenvalue weighted by molar-refractivity contribution is 7.89. The molecule has 5 heteroatoms. The van der Waals surface area contributed by atoms with Crippen molar-refractivity contribution in [3.63, 3.8) is 0 Å². The molecule has 3 nitrogen and oxygen atoms in total. The van der Waals surface area contributed by atoms with Gasteiger partial charge in [0.2, 0.25) is 10.0 Å². The summed E-state index contributed by atoms with van der Waals surface area (Å²) in [6, 6.07) is 15.8. The van der Waals surface area contributed by atoms with E-state index < -0.39 is 10.0 Å². The van der Waals surface area contributed by atoms with Gasteiger partial charge in [-0.1, -0.05) is 61.0 Å². The van der Waals surface area contributed by atoms with Crippen LogP contribution in [0.4, 0.5) is 0 Å². The standard InChI is InChI=1S/C20H24ClNO2S/c1-4-16(2)22(17(3)10-11-18-8-6-5-7-9-18)25(23,24)20-14-12-19(21)13-15-20/h5-17H,4H2,1-3H3/b11-10+. The lowest BCUT2D eigenvalue weighted by Crippen LogP contribution is -2.43. The Balaban J connectivity index is 2.35. The van der Waals surface area contributed by atoms with E-state index in [1.165, 1.54) is 0 Å². The summed E-state index contributed by atoms with van der Waals surface area (Å²) >= 11 is 5.89. The van der Waals surface area contributed by atoms with Crippen molar-refractivity contribution in [2.45, 2.75) is 44.2 Å². The number of hydrogen-bond acceptors (Lipinski definition) is 2. The summed E-state index contributed by atoms with van der Waals surface area (Å²) in [4.78, 5) is 0.261. The molecule has 2 aromatic carbocycles. The predicted octanol–water partition coefficient (Wildman–Crippen LogP) is 5.23. The highest BCUT2D eigenvalue weighted by Crippen LogP contribution is 2.24. The van der Waals surface area contributed by atoms with Crippen LogP contribution < -0.4 is 0 Å². The molecular weight excluding hydrogens is 354 g/mol. The van der Waals surface area contributed by atoms with Crippen LogP contribution in [0.5, 0.6) is 0 Å². The van der Waals surface area contributed by atoms with Crippen LogP contribution in [0.2, 0.25) is 5.02 Å². The van der Waals surface area contributed by atoms with Gasteiger partial charge in [0.05, 0.1) is 4.90 Å². The molecule has 0 fully saturated rings. The third-order valence-corrected chi connectivity index (χ3v) is 6.55. The second kappa shape index (κ2) is 8.65. The van der Waals surface area contributed by atoms with Gasteiger partial charge in [0, 0.05) is 17.1 Å². The van der Waals surface area contributed by atoms with Crippen molar-refractivity contribution in [3.05, 3.63) is 71.3 Å². The maximum absolute atomic E-state index is 13.1. The summed E-state index contributed by atoms with van der Waals surface area (Å²) < 4.78 is 27.9. The summed E-state index contributed by atoms with van der Waals surface area (Å²) in [6.45, 7) is 5.82. The topological polar surface area (TPSA) is 37.4 Å². The Morgan fingerprint density at radius 3 is 2.20 bits per heavy atom. The average molecular weight is 378 g/mol. The molecule has 25 heavy (non-hydrogen) atoms. The molecule has 0 amide bonds. The maximum Gasteiger partial charge on any atom is 0.243 e. The Morgan fingerprint density at radius 2 is 1.64 bits per heavy atom. The second-order valence-corrected chi connectivity index (χ2v) is 8.34. The molecule has 0 aliphatic carbocycles. The molecule has 0 aliphatic rings. The van der Waals surface area contributed by atoms with Gasteiger partial charge in [-0.3, -0.25) is 0 Å². The van der Waals surface area contributed by atoms with Gasteiger partial charge in [0.1, 0.15) is 0 Å². The van der Waals surface area contributed by atoms with E-state index in [-0.39, 0.29) is 17.0 Å². The molecule has 134 valence electrons. The van der Waals surface area contributed by atoms with Gasteiger partial charge in [-0.2, -0.15) is 4.31 Å². The minimum absolute atomic E-state index is 0.115. The van der Waals surface area contributed by atoms with Crippen LogP contribution in [0.1, 0.15) is 32.8 Å². The van der Waals surface area contributed by atoms with Gasteiger partial charge in [-0.15, -0.1) is 0 Å². The Bertz CT molecular complexity index is 801. The summed E-state index contributed by atoms with van der Waals surface area (Å²) in [5, 5.41) is 0.520. The first-order valence-corrected chi connectivity index (χ1v) is 10.2. The fourth-order valence-electron chi connectivity index (χ4n) is 2.66. The molecule has 0 spiro atoms. The van der Waals surface area contributed by atoms with Gasteiger partial charge in [0.25, 0.3) is 0 Å². The van der Waals surface area contributed by atoms with Gasteiger partial charge in [0.15, 0.2) is 0 Å². The Kier molecular flexibility index (Phi) is 6.82. The zero-order valence-electron chi connectivity index (χ0n) is 14.8. The lowest BCUT2D eigenvalue weighted by atomic mass is 10.1. The van der Waals surface area contributed by atoms with Gasteiger partial charge in [-0.25, -0.2) is 8.42 Å². The van der Waals surface area contributed by atoms with E-state index >= 15 is 0 Å². The molecule has 0 saturated heterocycles. The van der Waals surface area contributed by atoms with Crippen molar-refractivity contribution in [3.8, 4) is 0 Å². The second-order valence-electron chi connectivity index (χ2n) is 6.06. The largest absolute Gasteiger partial charge is 0.243 e. The van der Waals surface area contributed by atoms with Gasteiger partial charge < -0.3 is 0 Å². The highest BCUT2D eigenvalue weighted by Gasteiger charge is 2.31. The quantitative estimate of drug-likeness (QED) is 0.662. The van der Waals surface area contributed by atoms with Crippen LogP contribution >= 0.6 is 11.6 Å². The van der Waals surface area contributed by atoms with Crippen LogP contribution in [0.25, 0.3) is 6.08 Å². The summed E-state index contributed by atoms with van der Waals surface area (Å²) in [5.41, 5.74) is 1.04. The SMILES string of the molecule is CCC(C)N(C(C)/C=C/c1ccccc1)S(=O)(=O)c1ccc(Cl)cc1. The molecule has 2 rings (SSSR count). The molecule has 2 aromatic rings. The first-order chi connectivity index (χ1) is 11.9. The van der Waals surface area contributed by atoms with E-state index in [2.05, 4.69) is 0 Å². The molecular formula is C20H24ClNO2S. The molecule has 0 heterocycles. The number of benzene rings is 2. The first-order valence-electron chi connectivity index (χ1n) is 8.38. The molecule has 0 aromatic heterocycles. The van der Waals surface area contributed by atoms with Gasteiger partial charge in [-0.05, 0) is 50.1 Å².